The van der Waals surface area contributed by atoms with Crippen molar-refractivity contribution in [3.8, 4) is 0 Å². The van der Waals surface area contributed by atoms with Gasteiger partial charge in [0.25, 0.3) is 0 Å². The minimum Gasteiger partial charge on any atom is -0.465 e. The standard InChI is InChI=1S/C14H20N2O2/c1-3-8-16(13-6-7-13)10-12-5-4-11(9-15-12)14(17)18-2/h4-5,9,13H,3,6-8,10H2,1-2H3. The summed E-state index contributed by atoms with van der Waals surface area (Å²) in [7, 11) is 1.38. The number of nitrogens with zero attached hydrogens (tertiary/aromatic N) is 2. The van der Waals surface area contributed by atoms with Crippen molar-refractivity contribution < 1.29 is 9.53 Å². The van der Waals surface area contributed by atoms with Crippen molar-refractivity contribution in [1.29, 1.82) is 0 Å². The number of hydrogen-bond acceptors (Lipinski definition) is 4. The van der Waals surface area contributed by atoms with Gasteiger partial charge in [-0.1, -0.05) is 6.92 Å². The van der Waals surface area contributed by atoms with Gasteiger partial charge in [-0.2, -0.15) is 0 Å². The van der Waals surface area contributed by atoms with Crippen LogP contribution in [0.15, 0.2) is 18.3 Å². The molecule has 0 atom stereocenters. The summed E-state index contributed by atoms with van der Waals surface area (Å²) in [5.74, 6) is -0.332. The summed E-state index contributed by atoms with van der Waals surface area (Å²) in [5.41, 5.74) is 1.53. The third-order valence-electron chi connectivity index (χ3n) is 3.19. The van der Waals surface area contributed by atoms with E-state index >= 15 is 0 Å². The van der Waals surface area contributed by atoms with E-state index in [-0.39, 0.29) is 5.97 Å². The minimum absolute atomic E-state index is 0.332. The van der Waals surface area contributed by atoms with E-state index in [1.807, 2.05) is 6.07 Å². The molecule has 4 nitrogen and oxygen atoms in total. The zero-order chi connectivity index (χ0) is 13.0. The number of aromatic nitrogens is 1. The maximum atomic E-state index is 11.3. The molecule has 0 radical (unpaired) electrons. The molecule has 1 aliphatic carbocycles. The first-order valence-corrected chi connectivity index (χ1v) is 6.52. The number of ether oxygens (including phenoxy) is 1. The molecule has 98 valence electrons. The predicted octanol–water partition coefficient (Wildman–Crippen LogP) is 2.24. The van der Waals surface area contributed by atoms with Crippen molar-refractivity contribution in [2.75, 3.05) is 13.7 Å². The maximum Gasteiger partial charge on any atom is 0.339 e. The summed E-state index contributed by atoms with van der Waals surface area (Å²) in [5, 5.41) is 0. The van der Waals surface area contributed by atoms with Crippen LogP contribution < -0.4 is 0 Å². The molecule has 0 aliphatic heterocycles. The summed E-state index contributed by atoms with van der Waals surface area (Å²) in [6.07, 6.45) is 5.37. The molecule has 1 saturated carbocycles. The normalized spacial score (nSPS) is 14.8. The molecule has 0 N–H and O–H groups in total. The van der Waals surface area contributed by atoms with Crippen LogP contribution in [-0.2, 0) is 11.3 Å². The molecule has 0 bridgehead atoms. The van der Waals surface area contributed by atoms with Crippen LogP contribution in [0.4, 0.5) is 0 Å². The van der Waals surface area contributed by atoms with Crippen LogP contribution in [0.3, 0.4) is 0 Å². The van der Waals surface area contributed by atoms with Crippen LogP contribution in [0.25, 0.3) is 0 Å². The first-order valence-electron chi connectivity index (χ1n) is 6.52. The van der Waals surface area contributed by atoms with Gasteiger partial charge in [0.2, 0.25) is 0 Å². The Morgan fingerprint density at radius 1 is 1.50 bits per heavy atom. The summed E-state index contributed by atoms with van der Waals surface area (Å²) < 4.78 is 4.65. The van der Waals surface area contributed by atoms with Gasteiger partial charge in [-0.15, -0.1) is 0 Å². The molecule has 0 unspecified atom stereocenters. The predicted molar refractivity (Wildman–Crippen MR) is 69.3 cm³/mol. The molecule has 0 aromatic carbocycles. The number of rotatable bonds is 6. The average molecular weight is 248 g/mol. The van der Waals surface area contributed by atoms with E-state index in [2.05, 4.69) is 21.5 Å². The second-order valence-corrected chi connectivity index (χ2v) is 4.73. The summed E-state index contributed by atoms with van der Waals surface area (Å²) in [4.78, 5) is 18.1. The minimum atomic E-state index is -0.332. The SMILES string of the molecule is CCCN(Cc1ccc(C(=O)OC)cn1)C1CC1. The van der Waals surface area contributed by atoms with E-state index in [0.717, 1.165) is 31.2 Å². The Balaban J connectivity index is 1.98. The second kappa shape index (κ2) is 5.96. The van der Waals surface area contributed by atoms with Gasteiger partial charge in [-0.25, -0.2) is 4.79 Å². The molecule has 1 aromatic rings. The highest BCUT2D eigenvalue weighted by atomic mass is 16.5. The fourth-order valence-corrected chi connectivity index (χ4v) is 2.08. The number of methoxy groups -OCH3 is 1. The molecule has 1 aromatic heterocycles. The van der Waals surface area contributed by atoms with Gasteiger partial charge < -0.3 is 4.74 Å². The highest BCUT2D eigenvalue weighted by molar-refractivity contribution is 5.88. The Morgan fingerprint density at radius 3 is 2.78 bits per heavy atom. The lowest BCUT2D eigenvalue weighted by atomic mass is 10.2. The number of esters is 1. The number of carbonyl (C=O) groups excluding carboxylic acids is 1. The lowest BCUT2D eigenvalue weighted by Gasteiger charge is -2.20. The number of pyridine rings is 1. The first-order chi connectivity index (χ1) is 8.74. The quantitative estimate of drug-likeness (QED) is 0.724. The monoisotopic (exact) mass is 248 g/mol. The molecule has 4 heteroatoms. The molecule has 18 heavy (non-hydrogen) atoms. The van der Waals surface area contributed by atoms with Gasteiger partial charge in [0.05, 0.1) is 18.4 Å². The Hall–Kier alpha value is -1.42. The summed E-state index contributed by atoms with van der Waals surface area (Å²) in [6.45, 7) is 4.19. The van der Waals surface area contributed by atoms with Crippen molar-refractivity contribution in [1.82, 2.24) is 9.88 Å². The van der Waals surface area contributed by atoms with Crippen LogP contribution in [0, 0.1) is 0 Å². The molecular weight excluding hydrogens is 228 g/mol. The van der Waals surface area contributed by atoms with Crippen molar-refractivity contribution in [2.24, 2.45) is 0 Å². The van der Waals surface area contributed by atoms with E-state index < -0.39 is 0 Å². The van der Waals surface area contributed by atoms with E-state index in [1.165, 1.54) is 20.0 Å². The smallest absolute Gasteiger partial charge is 0.339 e. The van der Waals surface area contributed by atoms with E-state index in [4.69, 9.17) is 0 Å². The maximum absolute atomic E-state index is 11.3. The molecule has 1 aliphatic rings. The molecular formula is C14H20N2O2. The van der Waals surface area contributed by atoms with Crippen molar-refractivity contribution in [2.45, 2.75) is 38.8 Å². The van der Waals surface area contributed by atoms with E-state index in [0.29, 0.717) is 5.56 Å². The Bertz CT molecular complexity index is 399. The molecule has 1 heterocycles. The van der Waals surface area contributed by atoms with Crippen LogP contribution in [0.2, 0.25) is 0 Å². The Kier molecular flexibility index (Phi) is 4.31. The first kappa shape index (κ1) is 13.0. The Morgan fingerprint density at radius 2 is 2.28 bits per heavy atom. The lowest BCUT2D eigenvalue weighted by molar-refractivity contribution is 0.0600. The van der Waals surface area contributed by atoms with Crippen LogP contribution in [-0.4, -0.2) is 35.5 Å². The van der Waals surface area contributed by atoms with Crippen LogP contribution in [0.5, 0.6) is 0 Å². The van der Waals surface area contributed by atoms with E-state index in [1.54, 1.807) is 12.3 Å². The van der Waals surface area contributed by atoms with Gasteiger partial charge in [0.1, 0.15) is 0 Å². The van der Waals surface area contributed by atoms with Crippen molar-refractivity contribution in [3.63, 3.8) is 0 Å². The van der Waals surface area contributed by atoms with Crippen LogP contribution >= 0.6 is 0 Å². The summed E-state index contributed by atoms with van der Waals surface area (Å²) >= 11 is 0. The topological polar surface area (TPSA) is 42.4 Å². The van der Waals surface area contributed by atoms with Gasteiger partial charge in [-0.3, -0.25) is 9.88 Å². The fraction of sp³-hybridized carbons (Fsp3) is 0.571. The van der Waals surface area contributed by atoms with Gasteiger partial charge in [0, 0.05) is 18.8 Å². The largest absolute Gasteiger partial charge is 0.465 e. The van der Waals surface area contributed by atoms with Gasteiger partial charge in [0.15, 0.2) is 0 Å². The summed E-state index contributed by atoms with van der Waals surface area (Å²) in [6, 6.07) is 4.44. The average Bonchev–Trinajstić information content (AvgIpc) is 3.22. The van der Waals surface area contributed by atoms with Gasteiger partial charge in [-0.05, 0) is 37.9 Å². The molecule has 2 rings (SSSR count). The lowest BCUT2D eigenvalue weighted by Crippen LogP contribution is -2.26. The number of carbonyl (C=O) groups is 1. The molecule has 0 spiro atoms. The number of hydrogen-bond donors (Lipinski definition) is 0. The third-order valence-corrected chi connectivity index (χ3v) is 3.19. The zero-order valence-electron chi connectivity index (χ0n) is 11.1. The second-order valence-electron chi connectivity index (χ2n) is 4.73. The highest BCUT2D eigenvalue weighted by Crippen LogP contribution is 2.28. The fourth-order valence-electron chi connectivity index (χ4n) is 2.08. The Labute approximate surface area is 108 Å². The van der Waals surface area contributed by atoms with Crippen molar-refractivity contribution >= 4 is 5.97 Å². The third kappa shape index (κ3) is 3.29. The molecule has 1 fully saturated rings. The highest BCUT2D eigenvalue weighted by Gasteiger charge is 2.28. The zero-order valence-corrected chi connectivity index (χ0v) is 11.1. The van der Waals surface area contributed by atoms with Crippen molar-refractivity contribution in [3.05, 3.63) is 29.6 Å². The molecule has 0 amide bonds. The van der Waals surface area contributed by atoms with E-state index in [9.17, 15) is 4.79 Å². The van der Waals surface area contributed by atoms with Gasteiger partial charge >= 0.3 is 5.97 Å². The van der Waals surface area contributed by atoms with Crippen LogP contribution in [0.1, 0.15) is 42.2 Å². The molecule has 0 saturated heterocycles.